The molecule has 7 nitrogen and oxygen atoms in total. The molecule has 1 saturated heterocycles. The SMILES string of the molecule is COC1Nc2ccccc2C2(CCCCCCCCC2)C1c1ccc(C(=O)N2CCN(C(=O)C3(O)CC3)CC2)c(F)c1. The minimum atomic E-state index is -1.21. The van der Waals surface area contributed by atoms with E-state index in [2.05, 4.69) is 29.6 Å². The molecular formula is C34H44FN3O4. The van der Waals surface area contributed by atoms with E-state index in [0.717, 1.165) is 36.9 Å². The van der Waals surface area contributed by atoms with Crippen LogP contribution in [-0.4, -0.2) is 71.8 Å². The van der Waals surface area contributed by atoms with Crippen molar-refractivity contribution in [2.24, 2.45) is 0 Å². The number of aliphatic hydroxyl groups is 1. The van der Waals surface area contributed by atoms with Crippen molar-refractivity contribution >= 4 is 17.5 Å². The molecule has 2 heterocycles. The summed E-state index contributed by atoms with van der Waals surface area (Å²) in [5.74, 6) is -1.25. The molecule has 2 aromatic carbocycles. The van der Waals surface area contributed by atoms with Gasteiger partial charge in [0, 0.05) is 50.3 Å². The van der Waals surface area contributed by atoms with E-state index < -0.39 is 11.4 Å². The summed E-state index contributed by atoms with van der Waals surface area (Å²) in [6.07, 6.45) is 11.1. The lowest BCUT2D eigenvalue weighted by Crippen LogP contribution is -2.53. The maximum atomic E-state index is 15.9. The number of hydrogen-bond acceptors (Lipinski definition) is 5. The Kier molecular flexibility index (Phi) is 8.29. The molecule has 2 atom stereocenters. The summed E-state index contributed by atoms with van der Waals surface area (Å²) in [4.78, 5) is 29.2. The zero-order valence-electron chi connectivity index (χ0n) is 24.7. The molecule has 1 spiro atoms. The first-order chi connectivity index (χ1) is 20.4. The van der Waals surface area contributed by atoms with E-state index in [1.165, 1.54) is 37.7 Å². The van der Waals surface area contributed by atoms with Crippen LogP contribution in [0, 0.1) is 5.82 Å². The highest BCUT2D eigenvalue weighted by Crippen LogP contribution is 2.54. The Morgan fingerprint density at radius 2 is 1.50 bits per heavy atom. The lowest BCUT2D eigenvalue weighted by Gasteiger charge is -2.50. The Morgan fingerprint density at radius 1 is 0.881 bits per heavy atom. The van der Waals surface area contributed by atoms with Gasteiger partial charge in [-0.3, -0.25) is 9.59 Å². The largest absolute Gasteiger partial charge is 0.380 e. The number of fused-ring (bicyclic) bond motifs is 2. The van der Waals surface area contributed by atoms with Crippen LogP contribution >= 0.6 is 0 Å². The fourth-order valence-corrected chi connectivity index (χ4v) is 7.70. The van der Waals surface area contributed by atoms with Gasteiger partial charge in [0.2, 0.25) is 0 Å². The van der Waals surface area contributed by atoms with Gasteiger partial charge in [-0.1, -0.05) is 69.2 Å². The highest BCUT2D eigenvalue weighted by atomic mass is 19.1. The van der Waals surface area contributed by atoms with Crippen LogP contribution < -0.4 is 5.32 Å². The maximum absolute atomic E-state index is 15.9. The highest BCUT2D eigenvalue weighted by Gasteiger charge is 2.51. The van der Waals surface area contributed by atoms with Crippen LogP contribution in [0.15, 0.2) is 42.5 Å². The van der Waals surface area contributed by atoms with Gasteiger partial charge in [0.25, 0.3) is 11.8 Å². The minimum Gasteiger partial charge on any atom is -0.380 e. The first kappa shape index (κ1) is 29.1. The number of carbonyl (C=O) groups excluding carboxylic acids is 2. The number of benzene rings is 2. The molecule has 8 heteroatoms. The van der Waals surface area contributed by atoms with Gasteiger partial charge < -0.3 is 25.0 Å². The van der Waals surface area contributed by atoms with Gasteiger partial charge in [-0.05, 0) is 55.0 Å². The third kappa shape index (κ3) is 5.44. The molecule has 2 aromatic rings. The smallest absolute Gasteiger partial charge is 0.256 e. The Labute approximate surface area is 248 Å². The van der Waals surface area contributed by atoms with Crippen LogP contribution in [0.4, 0.5) is 10.1 Å². The molecule has 226 valence electrons. The fraction of sp³-hybridized carbons (Fsp3) is 0.588. The molecule has 0 radical (unpaired) electrons. The monoisotopic (exact) mass is 577 g/mol. The summed E-state index contributed by atoms with van der Waals surface area (Å²) < 4.78 is 22.0. The average Bonchev–Trinajstić information content (AvgIpc) is 3.77. The molecule has 2 amide bonds. The van der Waals surface area contributed by atoms with Crippen LogP contribution in [0.1, 0.15) is 98.0 Å². The first-order valence-electron chi connectivity index (χ1n) is 15.9. The van der Waals surface area contributed by atoms with Crippen molar-refractivity contribution in [1.29, 1.82) is 0 Å². The van der Waals surface area contributed by atoms with Gasteiger partial charge in [0.15, 0.2) is 0 Å². The molecule has 0 bridgehead atoms. The molecule has 2 saturated carbocycles. The van der Waals surface area contributed by atoms with E-state index in [1.807, 2.05) is 6.07 Å². The number of hydrogen-bond donors (Lipinski definition) is 2. The van der Waals surface area contributed by atoms with Crippen LogP contribution in [0.2, 0.25) is 0 Å². The van der Waals surface area contributed by atoms with Gasteiger partial charge in [-0.15, -0.1) is 0 Å². The third-order valence-corrected chi connectivity index (χ3v) is 10.2. The maximum Gasteiger partial charge on any atom is 0.256 e. The van der Waals surface area contributed by atoms with Crippen molar-refractivity contribution in [2.75, 3.05) is 38.6 Å². The summed E-state index contributed by atoms with van der Waals surface area (Å²) in [6, 6.07) is 13.6. The van der Waals surface area contributed by atoms with Crippen molar-refractivity contribution in [3.63, 3.8) is 0 Å². The second kappa shape index (κ2) is 12.0. The van der Waals surface area contributed by atoms with Crippen LogP contribution in [0.25, 0.3) is 0 Å². The number of nitrogens with one attached hydrogen (secondary N) is 1. The number of methoxy groups -OCH3 is 1. The summed E-state index contributed by atoms with van der Waals surface area (Å²) in [6.45, 7) is 1.33. The zero-order chi connectivity index (χ0) is 29.3. The van der Waals surface area contributed by atoms with Crippen molar-refractivity contribution < 1.29 is 23.8 Å². The van der Waals surface area contributed by atoms with E-state index in [4.69, 9.17) is 4.74 Å². The van der Waals surface area contributed by atoms with Crippen molar-refractivity contribution in [3.05, 3.63) is 65.0 Å². The number of para-hydroxylation sites is 1. The Bertz CT molecular complexity index is 1290. The molecule has 2 aliphatic carbocycles. The van der Waals surface area contributed by atoms with E-state index in [1.54, 1.807) is 29.0 Å². The molecule has 3 fully saturated rings. The molecule has 4 aliphatic rings. The number of ether oxygens (including phenoxy) is 1. The standard InChI is InChI=1S/C34H44FN3O4/c1-42-30-29(33(26-11-7-8-12-28(26)36-30)15-9-5-3-2-4-6-10-16-33)24-13-14-25(27(35)23-24)31(39)37-19-21-38(22-20-37)32(40)34(41)17-18-34/h7-8,11-14,23,29-30,36,41H,2-6,9-10,15-22H2,1H3. The van der Waals surface area contributed by atoms with E-state index in [9.17, 15) is 14.7 Å². The van der Waals surface area contributed by atoms with Crippen molar-refractivity contribution in [1.82, 2.24) is 9.80 Å². The molecule has 6 rings (SSSR count). The Hall–Kier alpha value is -2.97. The van der Waals surface area contributed by atoms with Gasteiger partial charge in [0.1, 0.15) is 17.6 Å². The molecule has 42 heavy (non-hydrogen) atoms. The van der Waals surface area contributed by atoms with Crippen LogP contribution in [0.3, 0.4) is 0 Å². The third-order valence-electron chi connectivity index (χ3n) is 10.2. The number of amides is 2. The highest BCUT2D eigenvalue weighted by molar-refractivity contribution is 5.95. The number of nitrogens with zero attached hydrogens (tertiary/aromatic N) is 2. The molecular weight excluding hydrogens is 533 g/mol. The predicted molar refractivity (Wildman–Crippen MR) is 160 cm³/mol. The number of carbonyl (C=O) groups is 2. The molecule has 2 N–H and O–H groups in total. The normalized spacial score (nSPS) is 25.3. The topological polar surface area (TPSA) is 82.1 Å². The first-order valence-corrected chi connectivity index (χ1v) is 15.9. The second-order valence-corrected chi connectivity index (χ2v) is 12.8. The lowest BCUT2D eigenvalue weighted by atomic mass is 9.59. The van der Waals surface area contributed by atoms with Crippen molar-refractivity contribution in [3.8, 4) is 0 Å². The molecule has 2 aliphatic heterocycles. The number of rotatable bonds is 4. The van der Waals surface area contributed by atoms with Gasteiger partial charge in [0.05, 0.1) is 5.56 Å². The van der Waals surface area contributed by atoms with Gasteiger partial charge in [-0.25, -0.2) is 4.39 Å². The zero-order valence-corrected chi connectivity index (χ0v) is 24.7. The summed E-state index contributed by atoms with van der Waals surface area (Å²) in [7, 11) is 1.72. The second-order valence-electron chi connectivity index (χ2n) is 12.8. The number of halogens is 1. The number of anilines is 1. The fourth-order valence-electron chi connectivity index (χ4n) is 7.70. The van der Waals surface area contributed by atoms with Crippen molar-refractivity contribution in [2.45, 2.75) is 93.8 Å². The van der Waals surface area contributed by atoms with Crippen LogP contribution in [0.5, 0.6) is 0 Å². The average molecular weight is 578 g/mol. The summed E-state index contributed by atoms with van der Waals surface area (Å²) in [5.41, 5.74) is 1.87. The van der Waals surface area contributed by atoms with Gasteiger partial charge >= 0.3 is 0 Å². The summed E-state index contributed by atoms with van der Waals surface area (Å²) >= 11 is 0. The quantitative estimate of drug-likeness (QED) is 0.496. The molecule has 2 unspecified atom stereocenters. The Morgan fingerprint density at radius 3 is 2.12 bits per heavy atom. The van der Waals surface area contributed by atoms with E-state index in [0.29, 0.717) is 39.0 Å². The lowest BCUT2D eigenvalue weighted by molar-refractivity contribution is -0.143. The van der Waals surface area contributed by atoms with Crippen LogP contribution in [-0.2, 0) is 14.9 Å². The molecule has 0 aromatic heterocycles. The van der Waals surface area contributed by atoms with Gasteiger partial charge in [-0.2, -0.15) is 0 Å². The predicted octanol–water partition coefficient (Wildman–Crippen LogP) is 5.58. The van der Waals surface area contributed by atoms with E-state index >= 15 is 4.39 Å². The van der Waals surface area contributed by atoms with E-state index in [-0.39, 0.29) is 34.9 Å². The number of piperazine rings is 1. The summed E-state index contributed by atoms with van der Waals surface area (Å²) in [5, 5.41) is 13.8. The minimum absolute atomic E-state index is 0.0532. The Balaban J connectivity index is 1.28.